The molecule has 116 valence electrons. The minimum absolute atomic E-state index is 0.0412. The van der Waals surface area contributed by atoms with E-state index in [4.69, 9.17) is 19.6 Å². The highest BCUT2D eigenvalue weighted by Crippen LogP contribution is 2.58. The lowest BCUT2D eigenvalue weighted by Crippen LogP contribution is -2.00. The quantitative estimate of drug-likeness (QED) is 0.231. The van der Waals surface area contributed by atoms with E-state index < -0.39 is 21.1 Å². The molecule has 0 radical (unpaired) electrons. The molecule has 0 spiro atoms. The second-order valence-corrected chi connectivity index (χ2v) is 9.03. The van der Waals surface area contributed by atoms with E-state index in [0.29, 0.717) is 12.3 Å². The molecule has 19 heavy (non-hydrogen) atoms. The van der Waals surface area contributed by atoms with Crippen LogP contribution < -0.4 is 0 Å². The predicted octanol–water partition coefficient (Wildman–Crippen LogP) is 3.43. The highest BCUT2D eigenvalue weighted by molar-refractivity contribution is 7.70. The Morgan fingerprint density at radius 3 is 2.11 bits per heavy atom. The summed E-state index contributed by atoms with van der Waals surface area (Å²) in [5, 5.41) is 8.42. The first-order valence-corrected chi connectivity index (χ1v) is 9.82. The van der Waals surface area contributed by atoms with Crippen LogP contribution in [0.3, 0.4) is 0 Å². The largest absolute Gasteiger partial charge is 0.369 e. The molecule has 3 N–H and O–H groups in total. The Labute approximate surface area is 113 Å². The van der Waals surface area contributed by atoms with Crippen molar-refractivity contribution in [3.63, 3.8) is 0 Å². The second kappa shape index (κ2) is 9.24. The van der Waals surface area contributed by atoms with E-state index in [1.54, 1.807) is 0 Å². The summed E-state index contributed by atoms with van der Waals surface area (Å²) >= 11 is 0. The van der Waals surface area contributed by atoms with Gasteiger partial charge >= 0.3 is 15.2 Å². The molecule has 0 rings (SSSR count). The number of hydrogen-bond donors (Lipinski definition) is 3. The SMILES string of the molecule is CC(C)CCCCCCOP(=O)(CP(=O)(O)O)OO. The summed E-state index contributed by atoms with van der Waals surface area (Å²) in [5.74, 6) is -0.438. The van der Waals surface area contributed by atoms with Crippen LogP contribution in [0.5, 0.6) is 0 Å². The first-order valence-electron chi connectivity index (χ1n) is 6.30. The highest BCUT2D eigenvalue weighted by Gasteiger charge is 2.34. The number of hydrogen-bond acceptors (Lipinski definition) is 5. The summed E-state index contributed by atoms with van der Waals surface area (Å²) in [6.45, 7) is 4.35. The fourth-order valence-electron chi connectivity index (χ4n) is 1.53. The third kappa shape index (κ3) is 11.8. The zero-order valence-electron chi connectivity index (χ0n) is 11.4. The normalized spacial score (nSPS) is 15.7. The van der Waals surface area contributed by atoms with Gasteiger partial charge < -0.3 is 14.3 Å². The smallest absolute Gasteiger partial charge is 0.324 e. The average Bonchev–Trinajstić information content (AvgIpc) is 2.25. The van der Waals surface area contributed by atoms with Crippen LogP contribution in [0.15, 0.2) is 0 Å². The Bertz CT molecular complexity index is 326. The molecular formula is C10H24O7P2. The van der Waals surface area contributed by atoms with E-state index in [1.807, 2.05) is 0 Å². The first kappa shape index (κ1) is 19.3. The first-order chi connectivity index (χ1) is 8.68. The van der Waals surface area contributed by atoms with E-state index in [1.165, 1.54) is 0 Å². The summed E-state index contributed by atoms with van der Waals surface area (Å²) in [6.07, 6.45) is 4.75. The number of unbranched alkanes of at least 4 members (excludes halogenated alkanes) is 3. The van der Waals surface area contributed by atoms with Gasteiger partial charge in [0.2, 0.25) is 0 Å². The lowest BCUT2D eigenvalue weighted by molar-refractivity contribution is -0.148. The minimum atomic E-state index is -4.55. The molecule has 0 aliphatic heterocycles. The van der Waals surface area contributed by atoms with Crippen LogP contribution in [-0.2, 0) is 18.3 Å². The lowest BCUT2D eigenvalue weighted by Gasteiger charge is -2.15. The molecule has 0 saturated heterocycles. The zero-order chi connectivity index (χ0) is 14.9. The molecule has 1 atom stereocenters. The monoisotopic (exact) mass is 318 g/mol. The fourth-order valence-corrected chi connectivity index (χ4v) is 4.32. The summed E-state index contributed by atoms with van der Waals surface area (Å²) in [4.78, 5) is 17.4. The van der Waals surface area contributed by atoms with E-state index in [-0.39, 0.29) is 6.61 Å². The Balaban J connectivity index is 3.79. The van der Waals surface area contributed by atoms with Crippen molar-refractivity contribution in [2.24, 2.45) is 5.92 Å². The molecule has 9 heteroatoms. The van der Waals surface area contributed by atoms with Gasteiger partial charge in [0.05, 0.1) is 6.61 Å². The van der Waals surface area contributed by atoms with Crippen LogP contribution in [0, 0.1) is 5.92 Å². The summed E-state index contributed by atoms with van der Waals surface area (Å²) in [5.41, 5.74) is 0. The van der Waals surface area contributed by atoms with Gasteiger partial charge in [-0.15, -0.1) is 0 Å². The van der Waals surface area contributed by atoms with Crippen molar-refractivity contribution in [3.05, 3.63) is 0 Å². The maximum absolute atomic E-state index is 11.6. The molecule has 0 aromatic carbocycles. The van der Waals surface area contributed by atoms with E-state index in [0.717, 1.165) is 25.7 Å². The van der Waals surface area contributed by atoms with Gasteiger partial charge in [-0.05, 0) is 12.3 Å². The average molecular weight is 318 g/mol. The van der Waals surface area contributed by atoms with Gasteiger partial charge in [0, 0.05) is 0 Å². The predicted molar refractivity (Wildman–Crippen MR) is 72.1 cm³/mol. The van der Waals surface area contributed by atoms with Gasteiger partial charge in [-0.2, -0.15) is 4.67 Å². The maximum atomic E-state index is 11.6. The molecule has 0 heterocycles. The van der Waals surface area contributed by atoms with Crippen LogP contribution in [0.1, 0.15) is 46.0 Å². The van der Waals surface area contributed by atoms with E-state index >= 15 is 0 Å². The molecule has 7 nitrogen and oxygen atoms in total. The van der Waals surface area contributed by atoms with Crippen molar-refractivity contribution < 1.29 is 33.4 Å². The van der Waals surface area contributed by atoms with Gasteiger partial charge in [-0.1, -0.05) is 39.5 Å². The number of rotatable bonds is 11. The van der Waals surface area contributed by atoms with Crippen molar-refractivity contribution in [1.82, 2.24) is 0 Å². The van der Waals surface area contributed by atoms with Gasteiger partial charge in [-0.25, -0.2) is 5.26 Å². The van der Waals surface area contributed by atoms with E-state index in [9.17, 15) is 9.13 Å². The summed E-state index contributed by atoms with van der Waals surface area (Å²) in [7, 11) is -8.65. The van der Waals surface area contributed by atoms with Gasteiger partial charge in [0.25, 0.3) is 0 Å². The molecule has 0 aromatic rings. The van der Waals surface area contributed by atoms with Crippen LogP contribution >= 0.6 is 15.2 Å². The van der Waals surface area contributed by atoms with Crippen molar-refractivity contribution in [2.45, 2.75) is 46.0 Å². The minimum Gasteiger partial charge on any atom is -0.324 e. The molecule has 0 bridgehead atoms. The van der Waals surface area contributed by atoms with Gasteiger partial charge in [0.15, 0.2) is 5.90 Å². The molecular weight excluding hydrogens is 294 g/mol. The Hall–Kier alpha value is 0.260. The molecule has 0 saturated carbocycles. The fraction of sp³-hybridized carbons (Fsp3) is 1.00. The molecule has 0 aromatic heterocycles. The molecule has 0 fully saturated rings. The summed E-state index contributed by atoms with van der Waals surface area (Å²) < 4.78 is 30.7. The van der Waals surface area contributed by atoms with Crippen molar-refractivity contribution in [1.29, 1.82) is 0 Å². The van der Waals surface area contributed by atoms with Crippen LogP contribution in [0.2, 0.25) is 0 Å². The topological polar surface area (TPSA) is 113 Å². The van der Waals surface area contributed by atoms with Crippen LogP contribution in [0.25, 0.3) is 0 Å². The molecule has 0 aliphatic rings. The Morgan fingerprint density at radius 2 is 1.63 bits per heavy atom. The van der Waals surface area contributed by atoms with Crippen LogP contribution in [0.4, 0.5) is 0 Å². The standard InChI is InChI=1S/C10H24O7P2/c1-10(2)7-5-3-4-6-8-16-19(15,17-11)9-18(12,13)14/h10-11H,3-9H2,1-2H3,(H2,12,13,14). The second-order valence-electron chi connectivity index (χ2n) is 4.93. The third-order valence-electron chi connectivity index (χ3n) is 2.45. The molecule has 0 amide bonds. The van der Waals surface area contributed by atoms with E-state index in [2.05, 4.69) is 18.5 Å². The maximum Gasteiger partial charge on any atom is 0.369 e. The molecule has 1 unspecified atom stereocenters. The third-order valence-corrected chi connectivity index (χ3v) is 6.13. The Kier molecular flexibility index (Phi) is 9.37. The highest BCUT2D eigenvalue weighted by atomic mass is 31.2. The van der Waals surface area contributed by atoms with Crippen molar-refractivity contribution >= 4 is 15.2 Å². The van der Waals surface area contributed by atoms with Gasteiger partial charge in [-0.3, -0.25) is 9.13 Å². The zero-order valence-corrected chi connectivity index (χ0v) is 13.2. The van der Waals surface area contributed by atoms with Crippen molar-refractivity contribution in [2.75, 3.05) is 12.5 Å². The molecule has 0 aliphatic carbocycles. The van der Waals surface area contributed by atoms with Crippen LogP contribution in [-0.4, -0.2) is 27.6 Å². The van der Waals surface area contributed by atoms with Gasteiger partial charge in [0.1, 0.15) is 0 Å². The van der Waals surface area contributed by atoms with Crippen molar-refractivity contribution in [3.8, 4) is 0 Å². The Morgan fingerprint density at radius 1 is 1.05 bits per heavy atom. The summed E-state index contributed by atoms with van der Waals surface area (Å²) in [6, 6.07) is 0. The lowest BCUT2D eigenvalue weighted by atomic mass is 10.0.